The number of thioether (sulfide) groups is 1. The van der Waals surface area contributed by atoms with Gasteiger partial charge in [0.2, 0.25) is 0 Å². The number of fused-ring (bicyclic) bond motifs is 1. The van der Waals surface area contributed by atoms with E-state index in [1.807, 2.05) is 47.9 Å². The van der Waals surface area contributed by atoms with Crippen molar-refractivity contribution in [3.8, 4) is 6.07 Å². The summed E-state index contributed by atoms with van der Waals surface area (Å²) >= 11 is 1.86. The Morgan fingerprint density at radius 2 is 2.07 bits per heavy atom. The van der Waals surface area contributed by atoms with E-state index in [1.54, 1.807) is 18.3 Å². The predicted octanol–water partition coefficient (Wildman–Crippen LogP) is 3.74. The molecule has 3 aromatic rings. The third-order valence-electron chi connectivity index (χ3n) is 4.66. The Morgan fingerprint density at radius 3 is 2.86 bits per heavy atom. The predicted molar refractivity (Wildman–Crippen MR) is 112 cm³/mol. The lowest BCUT2D eigenvalue weighted by molar-refractivity contribution is 0.0773. The number of carbonyl (C=O) groups excluding carboxylic acids is 1. The molecule has 1 aromatic carbocycles. The number of nitrogens with zero attached hydrogens (tertiary/aromatic N) is 4. The smallest absolute Gasteiger partial charge is 0.257 e. The van der Waals surface area contributed by atoms with Gasteiger partial charge in [0.05, 0.1) is 22.9 Å². The number of hydrogen-bond donors (Lipinski definition) is 1. The Hall–Kier alpha value is -3.11. The molecule has 0 saturated carbocycles. The van der Waals surface area contributed by atoms with Crippen molar-refractivity contribution in [1.29, 1.82) is 5.26 Å². The van der Waals surface area contributed by atoms with Crippen molar-refractivity contribution >= 4 is 40.1 Å². The Labute approximate surface area is 167 Å². The van der Waals surface area contributed by atoms with Crippen LogP contribution in [0.5, 0.6) is 0 Å². The molecule has 3 heterocycles. The molecular formula is C21H19N5OS. The van der Waals surface area contributed by atoms with Crippen molar-refractivity contribution in [2.75, 3.05) is 29.9 Å². The zero-order valence-electron chi connectivity index (χ0n) is 15.5. The van der Waals surface area contributed by atoms with Gasteiger partial charge in [-0.3, -0.25) is 4.79 Å². The number of amides is 1. The summed E-state index contributed by atoms with van der Waals surface area (Å²) < 4.78 is 0. The second-order valence-corrected chi connectivity index (χ2v) is 7.82. The van der Waals surface area contributed by atoms with Crippen molar-refractivity contribution in [2.24, 2.45) is 0 Å². The van der Waals surface area contributed by atoms with Crippen molar-refractivity contribution in [1.82, 2.24) is 14.9 Å². The Bertz CT molecular complexity index is 1090. The number of anilines is 2. The van der Waals surface area contributed by atoms with Gasteiger partial charge in [-0.25, -0.2) is 9.97 Å². The minimum absolute atomic E-state index is 0.0331. The number of pyridine rings is 2. The highest BCUT2D eigenvalue weighted by atomic mass is 32.2. The highest BCUT2D eigenvalue weighted by Gasteiger charge is 2.23. The first-order valence-electron chi connectivity index (χ1n) is 9.06. The van der Waals surface area contributed by atoms with Crippen LogP contribution >= 0.6 is 11.8 Å². The number of nitriles is 1. The third kappa shape index (κ3) is 3.64. The highest BCUT2D eigenvalue weighted by molar-refractivity contribution is 7.99. The molecule has 6 nitrogen and oxygen atoms in total. The van der Waals surface area contributed by atoms with Crippen molar-refractivity contribution in [2.45, 2.75) is 6.92 Å². The molecular weight excluding hydrogens is 370 g/mol. The number of nitrogens with one attached hydrogen (secondary N) is 1. The maximum absolute atomic E-state index is 13.2. The lowest BCUT2D eigenvalue weighted by Gasteiger charge is -2.27. The quantitative estimate of drug-likeness (QED) is 0.735. The van der Waals surface area contributed by atoms with Crippen LogP contribution in [-0.4, -0.2) is 45.4 Å². The fraction of sp³-hybridized carbons (Fsp3) is 0.238. The molecule has 2 aromatic heterocycles. The van der Waals surface area contributed by atoms with Crippen molar-refractivity contribution in [3.05, 3.63) is 59.4 Å². The number of aromatic nitrogens is 2. The van der Waals surface area contributed by atoms with E-state index in [0.29, 0.717) is 22.5 Å². The van der Waals surface area contributed by atoms with E-state index in [2.05, 4.69) is 21.4 Å². The molecule has 1 N–H and O–H groups in total. The topological polar surface area (TPSA) is 81.9 Å². The van der Waals surface area contributed by atoms with Gasteiger partial charge in [-0.15, -0.1) is 0 Å². The van der Waals surface area contributed by atoms with Crippen LogP contribution in [0.2, 0.25) is 0 Å². The van der Waals surface area contributed by atoms with Crippen LogP contribution < -0.4 is 5.32 Å². The minimum Gasteiger partial charge on any atom is -0.354 e. The molecule has 0 atom stereocenters. The summed E-state index contributed by atoms with van der Waals surface area (Å²) in [5, 5.41) is 13.3. The molecule has 7 heteroatoms. The van der Waals surface area contributed by atoms with Crippen LogP contribution in [0.4, 0.5) is 11.4 Å². The molecule has 0 bridgehead atoms. The van der Waals surface area contributed by atoms with E-state index in [9.17, 15) is 10.1 Å². The van der Waals surface area contributed by atoms with E-state index in [1.165, 1.54) is 0 Å². The van der Waals surface area contributed by atoms with Crippen molar-refractivity contribution in [3.63, 3.8) is 0 Å². The maximum atomic E-state index is 13.2. The van der Waals surface area contributed by atoms with Crippen LogP contribution in [0, 0.1) is 18.3 Å². The van der Waals surface area contributed by atoms with Gasteiger partial charge < -0.3 is 10.2 Å². The van der Waals surface area contributed by atoms with Crippen LogP contribution in [0.3, 0.4) is 0 Å². The van der Waals surface area contributed by atoms with Gasteiger partial charge in [0, 0.05) is 47.6 Å². The van der Waals surface area contributed by atoms with E-state index in [0.717, 1.165) is 41.4 Å². The zero-order chi connectivity index (χ0) is 19.5. The lowest BCUT2D eigenvalue weighted by Crippen LogP contribution is -2.38. The number of hydrogen-bond acceptors (Lipinski definition) is 6. The van der Waals surface area contributed by atoms with Crippen LogP contribution in [-0.2, 0) is 0 Å². The van der Waals surface area contributed by atoms with Gasteiger partial charge in [0.15, 0.2) is 5.65 Å². The summed E-state index contributed by atoms with van der Waals surface area (Å²) in [5.41, 5.74) is 3.95. The SMILES string of the molecule is Cc1ccc2c(Nc3cccc(C#N)c3)c(C(=O)N3CCSCC3)cnc2n1. The molecule has 28 heavy (non-hydrogen) atoms. The lowest BCUT2D eigenvalue weighted by atomic mass is 10.1. The summed E-state index contributed by atoms with van der Waals surface area (Å²) in [4.78, 5) is 24.0. The Kier molecular flexibility index (Phi) is 5.13. The molecule has 1 fully saturated rings. The maximum Gasteiger partial charge on any atom is 0.257 e. The van der Waals surface area contributed by atoms with E-state index in [4.69, 9.17) is 0 Å². The first kappa shape index (κ1) is 18.3. The fourth-order valence-corrected chi connectivity index (χ4v) is 4.12. The average Bonchev–Trinajstić information content (AvgIpc) is 2.74. The van der Waals surface area contributed by atoms with E-state index < -0.39 is 0 Å². The van der Waals surface area contributed by atoms with Crippen LogP contribution in [0.1, 0.15) is 21.6 Å². The number of carbonyl (C=O) groups is 1. The van der Waals surface area contributed by atoms with Gasteiger partial charge in [-0.05, 0) is 37.3 Å². The first-order chi connectivity index (χ1) is 13.7. The highest BCUT2D eigenvalue weighted by Crippen LogP contribution is 2.30. The first-order valence-corrected chi connectivity index (χ1v) is 10.2. The van der Waals surface area contributed by atoms with Gasteiger partial charge in [-0.2, -0.15) is 17.0 Å². The van der Waals surface area contributed by atoms with Crippen molar-refractivity contribution < 1.29 is 4.79 Å². The normalized spacial score (nSPS) is 13.9. The summed E-state index contributed by atoms with van der Waals surface area (Å²) in [6.07, 6.45) is 1.61. The molecule has 0 spiro atoms. The largest absolute Gasteiger partial charge is 0.354 e. The molecule has 4 rings (SSSR count). The molecule has 1 amide bonds. The summed E-state index contributed by atoms with van der Waals surface area (Å²) in [7, 11) is 0. The second kappa shape index (κ2) is 7.87. The number of aryl methyl sites for hydroxylation is 1. The molecule has 0 aliphatic carbocycles. The molecule has 0 radical (unpaired) electrons. The molecule has 1 saturated heterocycles. The van der Waals surface area contributed by atoms with Gasteiger partial charge in [0.1, 0.15) is 0 Å². The zero-order valence-corrected chi connectivity index (χ0v) is 16.3. The average molecular weight is 389 g/mol. The monoisotopic (exact) mass is 389 g/mol. The van der Waals surface area contributed by atoms with Gasteiger partial charge >= 0.3 is 0 Å². The fourth-order valence-electron chi connectivity index (χ4n) is 3.22. The molecule has 140 valence electrons. The Balaban J connectivity index is 1.82. The third-order valence-corrected chi connectivity index (χ3v) is 5.60. The number of rotatable bonds is 3. The van der Waals surface area contributed by atoms with Crippen LogP contribution in [0.15, 0.2) is 42.6 Å². The number of benzene rings is 1. The molecule has 1 aliphatic rings. The van der Waals surface area contributed by atoms with E-state index >= 15 is 0 Å². The Morgan fingerprint density at radius 1 is 1.25 bits per heavy atom. The van der Waals surface area contributed by atoms with Crippen LogP contribution in [0.25, 0.3) is 11.0 Å². The van der Waals surface area contributed by atoms with E-state index in [-0.39, 0.29) is 5.91 Å². The summed E-state index contributed by atoms with van der Waals surface area (Å²) in [5.74, 6) is 1.86. The van der Waals surface area contributed by atoms with Gasteiger partial charge in [0.25, 0.3) is 5.91 Å². The summed E-state index contributed by atoms with van der Waals surface area (Å²) in [6, 6.07) is 13.2. The van der Waals surface area contributed by atoms with Gasteiger partial charge in [-0.1, -0.05) is 6.07 Å². The molecule has 0 unspecified atom stereocenters. The minimum atomic E-state index is -0.0331. The second-order valence-electron chi connectivity index (χ2n) is 6.59. The molecule has 1 aliphatic heterocycles. The summed E-state index contributed by atoms with van der Waals surface area (Å²) in [6.45, 7) is 3.38. The standard InChI is InChI=1S/C21H19N5OS/c1-14-5-6-17-19(25-16-4-2-3-15(11-16)12-22)18(13-23-20(17)24-14)21(27)26-7-9-28-10-8-26/h2-6,11,13H,7-10H2,1H3,(H,23,24,25).